The second-order valence-electron chi connectivity index (χ2n) is 8.53. The van der Waals surface area contributed by atoms with E-state index in [0.29, 0.717) is 6.61 Å². The molecule has 0 spiro atoms. The first-order chi connectivity index (χ1) is 12.4. The zero-order valence-electron chi connectivity index (χ0n) is 17.4. The number of benzene rings is 1. The van der Waals surface area contributed by atoms with Gasteiger partial charge in [0.15, 0.2) is 0 Å². The number of carbonyl (C=O) groups excluding carboxylic acids is 2. The Morgan fingerprint density at radius 2 is 1.81 bits per heavy atom. The van der Waals surface area contributed by atoms with Gasteiger partial charge < -0.3 is 14.8 Å². The predicted molar refractivity (Wildman–Crippen MR) is 104 cm³/mol. The molecule has 1 aliphatic heterocycles. The van der Waals surface area contributed by atoms with E-state index in [2.05, 4.69) is 10.2 Å². The fraction of sp³-hybridized carbons (Fsp3) is 0.619. The highest BCUT2D eigenvalue weighted by Gasteiger charge is 2.46. The van der Waals surface area contributed by atoms with E-state index < -0.39 is 29.4 Å². The average molecular weight is 376 g/mol. The van der Waals surface area contributed by atoms with Gasteiger partial charge in [0.25, 0.3) is 0 Å². The van der Waals surface area contributed by atoms with E-state index in [1.54, 1.807) is 27.7 Å². The Balaban J connectivity index is 2.12. The van der Waals surface area contributed by atoms with Crippen LogP contribution in [-0.2, 0) is 19.1 Å². The third-order valence-electron chi connectivity index (χ3n) is 4.65. The number of hydrogen-bond acceptors (Lipinski definition) is 5. The molecular formula is C21H32N2O4. The fourth-order valence-electron chi connectivity index (χ4n) is 3.39. The van der Waals surface area contributed by atoms with Crippen LogP contribution < -0.4 is 5.32 Å². The number of esters is 1. The number of nitrogens with zero attached hydrogens (tertiary/aromatic N) is 1. The first-order valence-electron chi connectivity index (χ1n) is 9.43. The highest BCUT2D eigenvalue weighted by atomic mass is 16.6. The number of carbonyl (C=O) groups is 2. The summed E-state index contributed by atoms with van der Waals surface area (Å²) in [6.07, 6.45) is 0. The Bertz CT molecular complexity index is 667. The molecule has 1 fully saturated rings. The standard InChI is InChI=1S/C21H32N2O4/c1-14(19(25)27-20(3,4)5)22-18(24)15(2)23-17(13-26-21(23,6)7)16-11-9-8-10-12-16/h8-12,14-15,17H,13H2,1-7H3,(H,22,24)/t14-,15+,17-/m0/s1. The summed E-state index contributed by atoms with van der Waals surface area (Å²) in [5, 5.41) is 2.78. The highest BCUT2D eigenvalue weighted by Crippen LogP contribution is 2.38. The predicted octanol–water partition coefficient (Wildman–Crippen LogP) is 3.03. The fourth-order valence-corrected chi connectivity index (χ4v) is 3.39. The van der Waals surface area contributed by atoms with Crippen LogP contribution in [-0.4, -0.2) is 46.8 Å². The molecule has 1 amide bonds. The summed E-state index contributed by atoms with van der Waals surface area (Å²) in [6, 6.07) is 8.78. The lowest BCUT2D eigenvalue weighted by Gasteiger charge is -2.38. The largest absolute Gasteiger partial charge is 0.458 e. The van der Waals surface area contributed by atoms with Gasteiger partial charge in [-0.25, -0.2) is 4.79 Å². The normalized spacial score (nSPS) is 22.1. The minimum absolute atomic E-state index is 0.0289. The van der Waals surface area contributed by atoms with Gasteiger partial charge in [0.2, 0.25) is 5.91 Å². The third kappa shape index (κ3) is 5.30. The molecule has 6 nitrogen and oxygen atoms in total. The second kappa shape index (κ2) is 7.98. The number of amides is 1. The topological polar surface area (TPSA) is 67.9 Å². The summed E-state index contributed by atoms with van der Waals surface area (Å²) < 4.78 is 11.3. The van der Waals surface area contributed by atoms with E-state index >= 15 is 0 Å². The molecule has 0 aromatic heterocycles. The molecule has 1 aromatic rings. The molecule has 1 aliphatic rings. The molecule has 0 aliphatic carbocycles. The molecule has 1 saturated heterocycles. The van der Waals surface area contributed by atoms with Crippen molar-refractivity contribution < 1.29 is 19.1 Å². The Hall–Kier alpha value is -1.92. The van der Waals surface area contributed by atoms with Crippen LogP contribution in [0.2, 0.25) is 0 Å². The molecule has 1 heterocycles. The summed E-state index contributed by atoms with van der Waals surface area (Å²) in [7, 11) is 0. The van der Waals surface area contributed by atoms with Crippen molar-refractivity contribution in [1.82, 2.24) is 10.2 Å². The van der Waals surface area contributed by atoms with Gasteiger partial charge in [-0.1, -0.05) is 30.3 Å². The Morgan fingerprint density at radius 3 is 2.37 bits per heavy atom. The molecule has 1 aromatic carbocycles. The SMILES string of the molecule is C[C@H](NC(=O)[C@@H](C)N1[C@H](c2ccccc2)COC1(C)C)C(=O)OC(C)(C)C. The molecule has 0 bridgehead atoms. The zero-order chi connectivity index (χ0) is 20.4. The lowest BCUT2D eigenvalue weighted by atomic mass is 10.0. The average Bonchev–Trinajstić information content (AvgIpc) is 2.88. The van der Waals surface area contributed by atoms with E-state index in [-0.39, 0.29) is 11.9 Å². The van der Waals surface area contributed by atoms with Gasteiger partial charge in [-0.2, -0.15) is 0 Å². The van der Waals surface area contributed by atoms with Crippen molar-refractivity contribution >= 4 is 11.9 Å². The lowest BCUT2D eigenvalue weighted by molar-refractivity contribution is -0.158. The van der Waals surface area contributed by atoms with Crippen LogP contribution in [0.4, 0.5) is 0 Å². The van der Waals surface area contributed by atoms with Crippen LogP contribution in [0.3, 0.4) is 0 Å². The van der Waals surface area contributed by atoms with E-state index in [0.717, 1.165) is 5.56 Å². The van der Waals surface area contributed by atoms with Gasteiger partial charge in [0, 0.05) is 0 Å². The first-order valence-corrected chi connectivity index (χ1v) is 9.43. The summed E-state index contributed by atoms with van der Waals surface area (Å²) >= 11 is 0. The van der Waals surface area contributed by atoms with Crippen molar-refractivity contribution in [2.45, 2.75) is 77.9 Å². The van der Waals surface area contributed by atoms with Crippen molar-refractivity contribution in [3.05, 3.63) is 35.9 Å². The van der Waals surface area contributed by atoms with Crippen molar-refractivity contribution in [2.24, 2.45) is 0 Å². The molecule has 0 saturated carbocycles. The summed E-state index contributed by atoms with van der Waals surface area (Å²) in [5.74, 6) is -0.674. The van der Waals surface area contributed by atoms with Gasteiger partial charge in [-0.15, -0.1) is 0 Å². The van der Waals surface area contributed by atoms with Crippen LogP contribution in [0.25, 0.3) is 0 Å². The Labute approximate surface area is 162 Å². The number of hydrogen-bond donors (Lipinski definition) is 1. The molecule has 0 radical (unpaired) electrons. The van der Waals surface area contributed by atoms with Crippen molar-refractivity contribution in [3.8, 4) is 0 Å². The van der Waals surface area contributed by atoms with Crippen LogP contribution in [0.1, 0.15) is 60.1 Å². The molecular weight excluding hydrogens is 344 g/mol. The van der Waals surface area contributed by atoms with Crippen LogP contribution in [0, 0.1) is 0 Å². The van der Waals surface area contributed by atoms with Gasteiger partial charge in [-0.3, -0.25) is 9.69 Å². The zero-order valence-corrected chi connectivity index (χ0v) is 17.4. The maximum Gasteiger partial charge on any atom is 0.328 e. The lowest BCUT2D eigenvalue weighted by Crippen LogP contribution is -2.55. The monoisotopic (exact) mass is 376 g/mol. The minimum atomic E-state index is -0.721. The molecule has 27 heavy (non-hydrogen) atoms. The highest BCUT2D eigenvalue weighted by molar-refractivity contribution is 5.87. The van der Waals surface area contributed by atoms with E-state index in [1.165, 1.54) is 0 Å². The maximum atomic E-state index is 12.9. The second-order valence-corrected chi connectivity index (χ2v) is 8.53. The number of ether oxygens (including phenoxy) is 2. The van der Waals surface area contributed by atoms with Crippen molar-refractivity contribution in [1.29, 1.82) is 0 Å². The summed E-state index contributed by atoms with van der Waals surface area (Å²) in [6.45, 7) is 13.3. The first kappa shape index (κ1) is 21.4. The van der Waals surface area contributed by atoms with E-state index in [4.69, 9.17) is 9.47 Å². The number of rotatable bonds is 5. The van der Waals surface area contributed by atoms with E-state index in [9.17, 15) is 9.59 Å². The van der Waals surface area contributed by atoms with Crippen LogP contribution in [0.5, 0.6) is 0 Å². The molecule has 2 rings (SSSR count). The molecule has 3 atom stereocenters. The summed E-state index contributed by atoms with van der Waals surface area (Å²) in [5.41, 5.74) is -0.0833. The molecule has 1 N–H and O–H groups in total. The van der Waals surface area contributed by atoms with Crippen molar-refractivity contribution in [2.75, 3.05) is 6.61 Å². The van der Waals surface area contributed by atoms with Gasteiger partial charge in [0.1, 0.15) is 17.4 Å². The van der Waals surface area contributed by atoms with Gasteiger partial charge in [0.05, 0.1) is 18.7 Å². The van der Waals surface area contributed by atoms with E-state index in [1.807, 2.05) is 51.1 Å². The minimum Gasteiger partial charge on any atom is -0.458 e. The Morgan fingerprint density at radius 1 is 1.22 bits per heavy atom. The van der Waals surface area contributed by atoms with Crippen molar-refractivity contribution in [3.63, 3.8) is 0 Å². The smallest absolute Gasteiger partial charge is 0.328 e. The van der Waals surface area contributed by atoms with Gasteiger partial charge >= 0.3 is 5.97 Å². The maximum absolute atomic E-state index is 12.9. The van der Waals surface area contributed by atoms with Gasteiger partial charge in [-0.05, 0) is 54.0 Å². The summed E-state index contributed by atoms with van der Waals surface area (Å²) in [4.78, 5) is 27.1. The number of nitrogens with one attached hydrogen (secondary N) is 1. The van der Waals surface area contributed by atoms with Crippen LogP contribution >= 0.6 is 0 Å². The Kier molecular flexibility index (Phi) is 6.32. The quantitative estimate of drug-likeness (QED) is 0.800. The van der Waals surface area contributed by atoms with Crippen LogP contribution in [0.15, 0.2) is 30.3 Å². The molecule has 0 unspecified atom stereocenters. The molecule has 6 heteroatoms. The third-order valence-corrected chi connectivity index (χ3v) is 4.65. The molecule has 150 valence electrons.